The third kappa shape index (κ3) is 7.01. The largest absolute Gasteiger partial charge is 0.444 e. The maximum absolute atomic E-state index is 11.7. The van der Waals surface area contributed by atoms with E-state index in [9.17, 15) is 9.59 Å². The summed E-state index contributed by atoms with van der Waals surface area (Å²) < 4.78 is 4.58. The first-order chi connectivity index (χ1) is 12.7. The van der Waals surface area contributed by atoms with Crippen molar-refractivity contribution in [3.8, 4) is 0 Å². The number of primary amides is 1. The average molecular weight is 369 g/mol. The highest BCUT2D eigenvalue weighted by Crippen LogP contribution is 2.29. The topological polar surface area (TPSA) is 84.7 Å². The number of nitrogens with two attached hydrogens (primary N) is 1. The Kier molecular flexibility index (Phi) is 6.82. The van der Waals surface area contributed by atoms with Gasteiger partial charge in [0.15, 0.2) is 0 Å². The van der Waals surface area contributed by atoms with Gasteiger partial charge in [-0.3, -0.25) is 4.79 Å². The summed E-state index contributed by atoms with van der Waals surface area (Å²) in [5.41, 5.74) is 7.52. The first kappa shape index (κ1) is 20.3. The predicted octanol–water partition coefficient (Wildman–Crippen LogP) is 3.92. The van der Waals surface area contributed by atoms with E-state index in [1.165, 1.54) is 5.56 Å². The number of hydrogen-bond acceptors (Lipinski definition) is 4. The third-order valence-electron chi connectivity index (χ3n) is 3.75. The van der Waals surface area contributed by atoms with E-state index in [4.69, 9.17) is 5.73 Å². The molecule has 6 heteroatoms. The zero-order valence-electron chi connectivity index (χ0n) is 16.1. The van der Waals surface area contributed by atoms with Crippen LogP contribution < -0.4 is 16.0 Å². The van der Waals surface area contributed by atoms with Gasteiger partial charge in [0.1, 0.15) is 5.60 Å². The van der Waals surface area contributed by atoms with Crippen LogP contribution in [0, 0.1) is 0 Å². The predicted molar refractivity (Wildman–Crippen MR) is 108 cm³/mol. The molecule has 27 heavy (non-hydrogen) atoms. The number of hydrogen-bond donors (Lipinski definition) is 2. The SMILES string of the molecule is CC(C)(C)OC(N)=O.O=C1CCN(Cc2ccccc2)c2ccccc2N1. The Labute approximate surface area is 160 Å². The van der Waals surface area contributed by atoms with Gasteiger partial charge in [-0.25, -0.2) is 4.79 Å². The van der Waals surface area contributed by atoms with Crippen molar-refractivity contribution in [2.24, 2.45) is 5.73 Å². The van der Waals surface area contributed by atoms with Crippen LogP contribution in [0.1, 0.15) is 32.8 Å². The van der Waals surface area contributed by atoms with E-state index in [1.54, 1.807) is 20.8 Å². The van der Waals surface area contributed by atoms with Gasteiger partial charge in [0.25, 0.3) is 0 Å². The van der Waals surface area contributed by atoms with Gasteiger partial charge < -0.3 is 20.7 Å². The van der Waals surface area contributed by atoms with Crippen molar-refractivity contribution in [3.63, 3.8) is 0 Å². The van der Waals surface area contributed by atoms with Crippen molar-refractivity contribution in [3.05, 3.63) is 60.2 Å². The second-order valence-electron chi connectivity index (χ2n) is 7.26. The molecule has 3 N–H and O–H groups in total. The van der Waals surface area contributed by atoms with Crippen LogP contribution in [0.4, 0.5) is 16.2 Å². The van der Waals surface area contributed by atoms with Crippen molar-refractivity contribution >= 4 is 23.4 Å². The minimum Gasteiger partial charge on any atom is -0.444 e. The fraction of sp³-hybridized carbons (Fsp3) is 0.333. The molecular weight excluding hydrogens is 342 g/mol. The van der Waals surface area contributed by atoms with Crippen LogP contribution in [-0.4, -0.2) is 24.1 Å². The standard InChI is InChI=1S/C16H16N2O.C5H11NO2/c19-16-10-11-18(12-13-6-2-1-3-7-13)15-9-5-4-8-14(15)17-16;1-5(2,3)8-4(6)7/h1-9H,10-12H2,(H,17,19);1-3H3,(H2,6,7). The quantitative estimate of drug-likeness (QED) is 0.840. The lowest BCUT2D eigenvalue weighted by atomic mass is 10.2. The Hall–Kier alpha value is -3.02. The molecule has 6 nitrogen and oxygen atoms in total. The number of fused-ring (bicyclic) bond motifs is 1. The number of anilines is 2. The monoisotopic (exact) mass is 369 g/mol. The fourth-order valence-electron chi connectivity index (χ4n) is 2.69. The van der Waals surface area contributed by atoms with Crippen molar-refractivity contribution in [2.75, 3.05) is 16.8 Å². The van der Waals surface area contributed by atoms with E-state index in [0.29, 0.717) is 6.42 Å². The number of para-hydroxylation sites is 2. The molecule has 0 atom stereocenters. The summed E-state index contributed by atoms with van der Waals surface area (Å²) in [6, 6.07) is 18.3. The first-order valence-corrected chi connectivity index (χ1v) is 8.91. The number of ether oxygens (including phenoxy) is 1. The molecule has 1 heterocycles. The number of benzene rings is 2. The number of nitrogens with zero attached hydrogens (tertiary/aromatic N) is 1. The van der Waals surface area contributed by atoms with Crippen molar-refractivity contribution in [2.45, 2.75) is 39.3 Å². The number of carbonyl (C=O) groups excluding carboxylic acids is 2. The molecule has 0 aromatic heterocycles. The summed E-state index contributed by atoms with van der Waals surface area (Å²) in [7, 11) is 0. The third-order valence-corrected chi connectivity index (χ3v) is 3.75. The van der Waals surface area contributed by atoms with Gasteiger partial charge in [0.2, 0.25) is 5.91 Å². The normalized spacial score (nSPS) is 13.4. The van der Waals surface area contributed by atoms with Crippen LogP contribution in [0.3, 0.4) is 0 Å². The molecule has 0 aliphatic carbocycles. The Morgan fingerprint density at radius 2 is 1.74 bits per heavy atom. The Morgan fingerprint density at radius 1 is 1.11 bits per heavy atom. The van der Waals surface area contributed by atoms with Gasteiger partial charge in [-0.15, -0.1) is 0 Å². The van der Waals surface area contributed by atoms with E-state index < -0.39 is 11.7 Å². The van der Waals surface area contributed by atoms with Gasteiger partial charge in [0.05, 0.1) is 11.4 Å². The lowest BCUT2D eigenvalue weighted by Gasteiger charge is -2.24. The highest BCUT2D eigenvalue weighted by atomic mass is 16.6. The van der Waals surface area contributed by atoms with Gasteiger partial charge in [-0.05, 0) is 38.5 Å². The number of rotatable bonds is 2. The summed E-state index contributed by atoms with van der Waals surface area (Å²) >= 11 is 0. The molecule has 0 radical (unpaired) electrons. The summed E-state index contributed by atoms with van der Waals surface area (Å²) in [4.78, 5) is 24.0. The molecule has 2 aromatic rings. The van der Waals surface area contributed by atoms with Crippen LogP contribution >= 0.6 is 0 Å². The molecule has 0 fully saturated rings. The summed E-state index contributed by atoms with van der Waals surface area (Å²) in [5.74, 6) is 0.0861. The lowest BCUT2D eigenvalue weighted by molar-refractivity contribution is -0.115. The molecule has 0 bridgehead atoms. The van der Waals surface area contributed by atoms with E-state index in [1.807, 2.05) is 36.4 Å². The maximum atomic E-state index is 11.7. The molecule has 0 saturated heterocycles. The number of nitrogens with one attached hydrogen (secondary N) is 1. The van der Waals surface area contributed by atoms with Gasteiger partial charge in [-0.1, -0.05) is 42.5 Å². The smallest absolute Gasteiger partial charge is 0.405 e. The van der Waals surface area contributed by atoms with E-state index in [0.717, 1.165) is 24.5 Å². The van der Waals surface area contributed by atoms with Crippen molar-refractivity contribution < 1.29 is 14.3 Å². The molecule has 1 aliphatic heterocycles. The van der Waals surface area contributed by atoms with E-state index >= 15 is 0 Å². The zero-order valence-corrected chi connectivity index (χ0v) is 16.1. The van der Waals surface area contributed by atoms with E-state index in [-0.39, 0.29) is 5.91 Å². The number of carbonyl (C=O) groups is 2. The van der Waals surface area contributed by atoms with Gasteiger partial charge >= 0.3 is 6.09 Å². The zero-order chi connectivity index (χ0) is 19.9. The Bertz CT molecular complexity index is 770. The summed E-state index contributed by atoms with van der Waals surface area (Å²) in [5, 5.41) is 2.96. The molecule has 3 rings (SSSR count). The average Bonchev–Trinajstić information content (AvgIpc) is 2.73. The maximum Gasteiger partial charge on any atom is 0.405 e. The summed E-state index contributed by atoms with van der Waals surface area (Å²) in [6.07, 6.45) is -0.195. The van der Waals surface area contributed by atoms with E-state index in [2.05, 4.69) is 33.2 Å². The van der Waals surface area contributed by atoms with Gasteiger partial charge in [0, 0.05) is 19.5 Å². The minimum absolute atomic E-state index is 0.0861. The molecule has 1 aliphatic rings. The van der Waals surface area contributed by atoms with Crippen LogP contribution in [0.5, 0.6) is 0 Å². The molecular formula is C21H27N3O3. The van der Waals surface area contributed by atoms with Gasteiger partial charge in [-0.2, -0.15) is 0 Å². The Balaban J connectivity index is 0.000000279. The van der Waals surface area contributed by atoms with Crippen LogP contribution in [0.2, 0.25) is 0 Å². The number of amides is 2. The van der Waals surface area contributed by atoms with Crippen LogP contribution in [0.15, 0.2) is 54.6 Å². The van der Waals surface area contributed by atoms with Crippen LogP contribution in [-0.2, 0) is 16.1 Å². The molecule has 0 saturated carbocycles. The Morgan fingerprint density at radius 3 is 2.33 bits per heavy atom. The minimum atomic E-state index is -0.725. The fourth-order valence-corrected chi connectivity index (χ4v) is 2.69. The lowest BCUT2D eigenvalue weighted by Crippen LogP contribution is -2.27. The molecule has 0 spiro atoms. The first-order valence-electron chi connectivity index (χ1n) is 8.91. The highest BCUT2D eigenvalue weighted by molar-refractivity contribution is 5.96. The van der Waals surface area contributed by atoms with Crippen molar-refractivity contribution in [1.82, 2.24) is 0 Å². The second-order valence-corrected chi connectivity index (χ2v) is 7.26. The molecule has 2 aromatic carbocycles. The molecule has 144 valence electrons. The second kappa shape index (κ2) is 9.07. The molecule has 2 amide bonds. The highest BCUT2D eigenvalue weighted by Gasteiger charge is 2.18. The van der Waals surface area contributed by atoms with Crippen LogP contribution in [0.25, 0.3) is 0 Å². The molecule has 0 unspecified atom stereocenters. The van der Waals surface area contributed by atoms with Crippen molar-refractivity contribution in [1.29, 1.82) is 0 Å². The summed E-state index contributed by atoms with van der Waals surface area (Å²) in [6.45, 7) is 6.86.